The van der Waals surface area contributed by atoms with Crippen molar-refractivity contribution in [2.75, 3.05) is 0 Å². The second-order valence-corrected chi connectivity index (χ2v) is 5.68. The third kappa shape index (κ3) is 2.91. The molecule has 0 amide bonds. The predicted molar refractivity (Wildman–Crippen MR) is 96.0 cm³/mol. The van der Waals surface area contributed by atoms with E-state index in [-0.39, 0.29) is 23.8 Å². The van der Waals surface area contributed by atoms with Crippen LogP contribution in [0.25, 0.3) is 22.4 Å². The van der Waals surface area contributed by atoms with Crippen LogP contribution >= 0.6 is 0 Å². The first kappa shape index (κ1) is 16.5. The van der Waals surface area contributed by atoms with E-state index in [1.165, 1.54) is 30.5 Å². The summed E-state index contributed by atoms with van der Waals surface area (Å²) < 4.78 is 0. The molecule has 9 nitrogen and oxygen atoms in total. The van der Waals surface area contributed by atoms with E-state index in [4.69, 9.17) is 0 Å². The van der Waals surface area contributed by atoms with Gasteiger partial charge in [-0.1, -0.05) is 5.18 Å². The van der Waals surface area contributed by atoms with E-state index in [0.29, 0.717) is 33.5 Å². The van der Waals surface area contributed by atoms with Crippen molar-refractivity contribution in [2.24, 2.45) is 5.18 Å². The van der Waals surface area contributed by atoms with Crippen molar-refractivity contribution in [1.82, 2.24) is 25.1 Å². The Morgan fingerprint density at radius 2 is 1.85 bits per heavy atom. The molecule has 0 saturated heterocycles. The number of nitroso groups, excluding NO2 is 1. The molecule has 0 aliphatic carbocycles. The Kier molecular flexibility index (Phi) is 4.09. The van der Waals surface area contributed by atoms with Crippen molar-refractivity contribution < 1.29 is 9.90 Å². The monoisotopic (exact) mass is 360 g/mol. The zero-order chi connectivity index (χ0) is 18.8. The summed E-state index contributed by atoms with van der Waals surface area (Å²) in [6.07, 6.45) is 4.64. The van der Waals surface area contributed by atoms with Crippen molar-refractivity contribution in [3.05, 3.63) is 70.7 Å². The lowest BCUT2D eigenvalue weighted by Crippen LogP contribution is -2.04. The van der Waals surface area contributed by atoms with Crippen LogP contribution in [0.1, 0.15) is 21.6 Å². The van der Waals surface area contributed by atoms with Gasteiger partial charge in [-0.05, 0) is 30.3 Å². The number of nitrogens with one attached hydrogen (secondary N) is 1. The van der Waals surface area contributed by atoms with Gasteiger partial charge in [0.15, 0.2) is 17.3 Å². The highest BCUT2D eigenvalue weighted by atomic mass is 16.3. The number of phenols is 1. The molecular weight excluding hydrogens is 348 g/mol. The minimum Gasteiger partial charge on any atom is -0.508 e. The molecule has 0 spiro atoms. The van der Waals surface area contributed by atoms with Gasteiger partial charge in [-0.15, -0.1) is 5.10 Å². The number of hydrogen-bond donors (Lipinski definition) is 2. The van der Waals surface area contributed by atoms with Crippen molar-refractivity contribution in [1.29, 1.82) is 0 Å². The molecule has 1 aromatic carbocycles. The number of rotatable bonds is 5. The highest BCUT2D eigenvalue weighted by molar-refractivity contribution is 6.18. The van der Waals surface area contributed by atoms with E-state index in [9.17, 15) is 14.8 Å². The average molecular weight is 360 g/mol. The molecule has 27 heavy (non-hydrogen) atoms. The summed E-state index contributed by atoms with van der Waals surface area (Å²) in [6, 6.07) is 7.58. The van der Waals surface area contributed by atoms with Gasteiger partial charge in [0.05, 0.1) is 16.8 Å². The summed E-state index contributed by atoms with van der Waals surface area (Å²) in [5.74, 6) is 0.0981. The number of aromatic nitrogens is 5. The molecule has 0 radical (unpaired) electrons. The lowest BCUT2D eigenvalue weighted by atomic mass is 9.99. The number of carbonyl (C=O) groups excluding carboxylic acids is 1. The largest absolute Gasteiger partial charge is 0.508 e. The second kappa shape index (κ2) is 6.71. The van der Waals surface area contributed by atoms with Gasteiger partial charge in [0, 0.05) is 29.5 Å². The van der Waals surface area contributed by atoms with Crippen molar-refractivity contribution in [3.8, 4) is 17.1 Å². The SMILES string of the molecule is O=NCc1nnc2[nH]cc(C(=O)c3ccc(O)cc3)c2c1-c1ncccn1. The number of ketones is 1. The molecule has 0 aliphatic rings. The summed E-state index contributed by atoms with van der Waals surface area (Å²) in [5.41, 5.74) is 1.81. The second-order valence-electron chi connectivity index (χ2n) is 5.68. The standard InChI is InChI=1S/C18H12N6O3/c25-11-4-2-10(3-5-11)16(26)12-8-21-18-14(12)15(13(9-22-27)23-24-18)17-19-6-1-7-20-17/h1-8,25H,9H2,(H,21,24). The first-order valence-electron chi connectivity index (χ1n) is 7.96. The third-order valence-electron chi connectivity index (χ3n) is 4.05. The van der Waals surface area contributed by atoms with Gasteiger partial charge in [0.2, 0.25) is 0 Å². The van der Waals surface area contributed by atoms with Crippen LogP contribution in [0.4, 0.5) is 0 Å². The first-order valence-corrected chi connectivity index (χ1v) is 7.96. The maximum atomic E-state index is 13.0. The molecule has 2 N–H and O–H groups in total. The number of benzene rings is 1. The predicted octanol–water partition coefficient (Wildman–Crippen LogP) is 2.62. The molecule has 4 rings (SSSR count). The molecule has 4 aromatic rings. The van der Waals surface area contributed by atoms with E-state index >= 15 is 0 Å². The summed E-state index contributed by atoms with van der Waals surface area (Å²) >= 11 is 0. The normalized spacial score (nSPS) is 10.8. The number of H-pyrrole nitrogens is 1. The number of carbonyl (C=O) groups is 1. The molecule has 0 atom stereocenters. The Morgan fingerprint density at radius 1 is 1.11 bits per heavy atom. The highest BCUT2D eigenvalue weighted by Crippen LogP contribution is 2.31. The molecule has 3 heterocycles. The molecule has 132 valence electrons. The smallest absolute Gasteiger partial charge is 0.195 e. The fraction of sp³-hybridized carbons (Fsp3) is 0.0556. The number of aromatic hydroxyl groups is 1. The van der Waals surface area contributed by atoms with Crippen LogP contribution in [0.2, 0.25) is 0 Å². The van der Waals surface area contributed by atoms with Crippen LogP contribution in [-0.4, -0.2) is 36.0 Å². The number of nitrogens with zero attached hydrogens (tertiary/aromatic N) is 5. The van der Waals surface area contributed by atoms with Gasteiger partial charge in [0.25, 0.3) is 0 Å². The van der Waals surface area contributed by atoms with E-state index in [1.54, 1.807) is 18.5 Å². The van der Waals surface area contributed by atoms with Gasteiger partial charge in [-0.3, -0.25) is 4.79 Å². The first-order chi connectivity index (χ1) is 13.2. The van der Waals surface area contributed by atoms with Crippen LogP contribution in [0, 0.1) is 4.91 Å². The van der Waals surface area contributed by atoms with E-state index < -0.39 is 0 Å². The maximum Gasteiger partial charge on any atom is 0.195 e. The molecule has 0 aliphatic heterocycles. The Labute approximate surface area is 152 Å². The molecule has 9 heteroatoms. The van der Waals surface area contributed by atoms with Gasteiger partial charge in [-0.25, -0.2) is 9.97 Å². The van der Waals surface area contributed by atoms with Gasteiger partial charge >= 0.3 is 0 Å². The minimum atomic E-state index is -0.281. The summed E-state index contributed by atoms with van der Waals surface area (Å²) in [5, 5.41) is 20.9. The number of phenolic OH excluding ortho intramolecular Hbond substituents is 1. The summed E-state index contributed by atoms with van der Waals surface area (Å²) in [4.78, 5) is 35.2. The molecule has 0 fully saturated rings. The quantitative estimate of drug-likeness (QED) is 0.412. The third-order valence-corrected chi connectivity index (χ3v) is 4.05. The summed E-state index contributed by atoms with van der Waals surface area (Å²) in [6.45, 7) is -0.228. The van der Waals surface area contributed by atoms with Crippen LogP contribution < -0.4 is 0 Å². The van der Waals surface area contributed by atoms with Crippen LogP contribution in [0.3, 0.4) is 0 Å². The number of hydrogen-bond acceptors (Lipinski definition) is 8. The van der Waals surface area contributed by atoms with E-state index in [1.807, 2.05) is 0 Å². The Bertz CT molecular complexity index is 1140. The Morgan fingerprint density at radius 3 is 2.56 bits per heavy atom. The average Bonchev–Trinajstić information content (AvgIpc) is 3.13. The van der Waals surface area contributed by atoms with E-state index in [2.05, 4.69) is 30.3 Å². The highest BCUT2D eigenvalue weighted by Gasteiger charge is 2.23. The van der Waals surface area contributed by atoms with Crippen LogP contribution in [-0.2, 0) is 6.54 Å². The fourth-order valence-electron chi connectivity index (χ4n) is 2.84. The van der Waals surface area contributed by atoms with Gasteiger partial charge in [-0.2, -0.15) is 10.0 Å². The molecule has 0 bridgehead atoms. The van der Waals surface area contributed by atoms with Crippen LogP contribution in [0.5, 0.6) is 5.75 Å². The summed E-state index contributed by atoms with van der Waals surface area (Å²) in [7, 11) is 0. The van der Waals surface area contributed by atoms with Crippen molar-refractivity contribution >= 4 is 16.8 Å². The fourth-order valence-corrected chi connectivity index (χ4v) is 2.84. The van der Waals surface area contributed by atoms with E-state index in [0.717, 1.165) is 0 Å². The lowest BCUT2D eigenvalue weighted by Gasteiger charge is -2.07. The lowest BCUT2D eigenvalue weighted by molar-refractivity contribution is 0.104. The molecule has 3 aromatic heterocycles. The zero-order valence-electron chi connectivity index (χ0n) is 13.8. The molecule has 0 saturated carbocycles. The Hall–Kier alpha value is -4.01. The maximum absolute atomic E-state index is 13.0. The molecule has 0 unspecified atom stereocenters. The Balaban J connectivity index is 1.97. The van der Waals surface area contributed by atoms with Crippen molar-refractivity contribution in [2.45, 2.75) is 6.54 Å². The van der Waals surface area contributed by atoms with Crippen LogP contribution in [0.15, 0.2) is 54.1 Å². The van der Waals surface area contributed by atoms with Crippen molar-refractivity contribution in [3.63, 3.8) is 0 Å². The number of aromatic amines is 1. The van der Waals surface area contributed by atoms with Gasteiger partial charge in [0.1, 0.15) is 12.3 Å². The number of fused-ring (bicyclic) bond motifs is 1. The van der Waals surface area contributed by atoms with Gasteiger partial charge < -0.3 is 10.1 Å². The topological polar surface area (TPSA) is 134 Å². The molecular formula is C18H12N6O3. The minimum absolute atomic E-state index is 0.0639. The zero-order valence-corrected chi connectivity index (χ0v) is 13.8.